The number of amides is 2. The standard InChI is InChI=1S/C15H21N9O6/c1-22(2)5-17-14-19-11-9(12(27)20-14)16-6-24(11)13-8(10(26)7(4-25)30-13)18-15(28)23(3)21-29/h5-8,10,13,25-26H,4H2,1-3H3,(H,18,28)(H,19,20,27)/t7-,8-,10-,13-/m1/s1. The minimum absolute atomic E-state index is 0.00526. The van der Waals surface area contributed by atoms with Crippen molar-refractivity contribution < 1.29 is 19.7 Å². The second-order valence-electron chi connectivity index (χ2n) is 6.74. The molecule has 15 nitrogen and oxygen atoms in total. The van der Waals surface area contributed by atoms with E-state index in [1.807, 2.05) is 0 Å². The number of urea groups is 1. The third-order valence-electron chi connectivity index (χ3n) is 4.36. The largest absolute Gasteiger partial charge is 0.394 e. The monoisotopic (exact) mass is 423 g/mol. The summed E-state index contributed by atoms with van der Waals surface area (Å²) in [6.45, 7) is -0.537. The van der Waals surface area contributed by atoms with Gasteiger partial charge in [-0.05, 0) is 0 Å². The molecule has 1 aliphatic rings. The van der Waals surface area contributed by atoms with Gasteiger partial charge in [-0.2, -0.15) is 9.99 Å². The number of imidazole rings is 1. The molecule has 4 atom stereocenters. The summed E-state index contributed by atoms with van der Waals surface area (Å²) in [7, 11) is 4.61. The first-order valence-corrected chi connectivity index (χ1v) is 8.76. The van der Waals surface area contributed by atoms with Crippen LogP contribution in [0.4, 0.5) is 10.7 Å². The molecule has 2 aromatic rings. The highest BCUT2D eigenvalue weighted by molar-refractivity contribution is 5.74. The van der Waals surface area contributed by atoms with Gasteiger partial charge in [0, 0.05) is 21.1 Å². The molecular weight excluding hydrogens is 402 g/mol. The Bertz CT molecular complexity index is 1020. The van der Waals surface area contributed by atoms with E-state index in [4.69, 9.17) is 4.74 Å². The van der Waals surface area contributed by atoms with Crippen LogP contribution in [0, 0.1) is 4.91 Å². The number of H-pyrrole nitrogens is 1. The molecule has 1 fully saturated rings. The zero-order valence-corrected chi connectivity index (χ0v) is 16.3. The summed E-state index contributed by atoms with van der Waals surface area (Å²) in [6.07, 6.45) is -0.765. The second kappa shape index (κ2) is 8.52. The summed E-state index contributed by atoms with van der Waals surface area (Å²) in [4.78, 5) is 51.5. The van der Waals surface area contributed by atoms with Gasteiger partial charge >= 0.3 is 6.03 Å². The van der Waals surface area contributed by atoms with Crippen LogP contribution >= 0.6 is 0 Å². The number of aliphatic hydroxyl groups is 2. The van der Waals surface area contributed by atoms with Crippen LogP contribution in [0.25, 0.3) is 11.2 Å². The van der Waals surface area contributed by atoms with Gasteiger partial charge in [-0.15, -0.1) is 4.91 Å². The summed E-state index contributed by atoms with van der Waals surface area (Å²) in [5.74, 6) is 0.00526. The summed E-state index contributed by atoms with van der Waals surface area (Å²) < 4.78 is 6.99. The molecule has 1 aliphatic heterocycles. The molecule has 0 bridgehead atoms. The number of nitrogens with one attached hydrogen (secondary N) is 2. The summed E-state index contributed by atoms with van der Waals surface area (Å²) in [5, 5.41) is 25.4. The molecule has 3 rings (SSSR count). The highest BCUT2D eigenvalue weighted by atomic mass is 16.5. The molecule has 0 aliphatic carbocycles. The number of carbonyl (C=O) groups excluding carboxylic acids is 1. The number of fused-ring (bicyclic) bond motifs is 1. The Morgan fingerprint density at radius 1 is 1.47 bits per heavy atom. The molecule has 2 aromatic heterocycles. The van der Waals surface area contributed by atoms with E-state index < -0.39 is 42.7 Å². The van der Waals surface area contributed by atoms with Crippen LogP contribution in [0.15, 0.2) is 21.4 Å². The number of aliphatic hydroxyl groups excluding tert-OH is 2. The predicted molar refractivity (Wildman–Crippen MR) is 103 cm³/mol. The van der Waals surface area contributed by atoms with Crippen LogP contribution in [-0.2, 0) is 4.74 Å². The summed E-state index contributed by atoms with van der Waals surface area (Å²) in [5.41, 5.74) is -0.477. The number of hydrogen-bond acceptors (Lipinski definition) is 10. The number of aliphatic imine (C=N–C) groups is 1. The Hall–Kier alpha value is -3.43. The summed E-state index contributed by atoms with van der Waals surface area (Å²) in [6, 6.07) is -2.00. The first-order valence-electron chi connectivity index (χ1n) is 8.76. The van der Waals surface area contributed by atoms with Crippen LogP contribution < -0.4 is 10.9 Å². The lowest BCUT2D eigenvalue weighted by molar-refractivity contribution is -0.0440. The van der Waals surface area contributed by atoms with Crippen molar-refractivity contribution in [1.82, 2.24) is 34.7 Å². The van der Waals surface area contributed by atoms with Crippen LogP contribution in [0.5, 0.6) is 0 Å². The van der Waals surface area contributed by atoms with Gasteiger partial charge in [0.15, 0.2) is 17.4 Å². The lowest BCUT2D eigenvalue weighted by Gasteiger charge is -2.23. The van der Waals surface area contributed by atoms with Crippen molar-refractivity contribution in [1.29, 1.82) is 0 Å². The number of aromatic nitrogens is 4. The molecule has 0 spiro atoms. The Kier molecular flexibility index (Phi) is 6.04. The quantitative estimate of drug-likeness (QED) is 0.181. The summed E-state index contributed by atoms with van der Waals surface area (Å²) >= 11 is 0. The minimum Gasteiger partial charge on any atom is -0.394 e. The molecule has 0 aromatic carbocycles. The maximum atomic E-state index is 12.3. The third-order valence-corrected chi connectivity index (χ3v) is 4.36. The number of hydrogen-bond donors (Lipinski definition) is 4. The van der Waals surface area contributed by atoms with E-state index in [1.54, 1.807) is 19.0 Å². The fraction of sp³-hybridized carbons (Fsp3) is 0.533. The Labute approximate surface area is 168 Å². The number of ether oxygens (including phenoxy) is 1. The van der Waals surface area contributed by atoms with Crippen LogP contribution in [0.2, 0.25) is 0 Å². The Balaban J connectivity index is 2.03. The number of nitroso groups, excluding NO2 is 1. The minimum atomic E-state index is -1.32. The molecule has 3 heterocycles. The molecule has 2 amide bonds. The van der Waals surface area contributed by atoms with E-state index in [-0.39, 0.29) is 17.1 Å². The zero-order valence-electron chi connectivity index (χ0n) is 16.3. The smallest absolute Gasteiger partial charge is 0.340 e. The van der Waals surface area contributed by atoms with E-state index in [9.17, 15) is 24.7 Å². The highest BCUT2D eigenvalue weighted by Gasteiger charge is 2.46. The normalized spacial score (nSPS) is 23.8. The van der Waals surface area contributed by atoms with Crippen molar-refractivity contribution in [3.63, 3.8) is 0 Å². The molecule has 4 N–H and O–H groups in total. The Morgan fingerprint density at radius 2 is 2.20 bits per heavy atom. The van der Waals surface area contributed by atoms with Crippen LogP contribution in [-0.4, -0.2) is 98.0 Å². The first-order chi connectivity index (χ1) is 14.3. The van der Waals surface area contributed by atoms with E-state index in [1.165, 1.54) is 17.2 Å². The van der Waals surface area contributed by atoms with Gasteiger partial charge in [-0.3, -0.25) is 14.3 Å². The average Bonchev–Trinajstić information content (AvgIpc) is 3.27. The van der Waals surface area contributed by atoms with Crippen molar-refractivity contribution in [3.05, 3.63) is 21.6 Å². The van der Waals surface area contributed by atoms with Crippen molar-refractivity contribution in [2.75, 3.05) is 27.7 Å². The van der Waals surface area contributed by atoms with Gasteiger partial charge in [0.1, 0.15) is 18.2 Å². The van der Waals surface area contributed by atoms with Crippen molar-refractivity contribution >= 4 is 29.5 Å². The van der Waals surface area contributed by atoms with Gasteiger partial charge in [0.05, 0.1) is 24.6 Å². The van der Waals surface area contributed by atoms with Gasteiger partial charge in [0.25, 0.3) is 5.56 Å². The van der Waals surface area contributed by atoms with Gasteiger partial charge in [0.2, 0.25) is 5.95 Å². The molecular formula is C15H21N9O6. The van der Waals surface area contributed by atoms with E-state index >= 15 is 0 Å². The number of carbonyl (C=O) groups is 1. The lowest BCUT2D eigenvalue weighted by atomic mass is 10.1. The Morgan fingerprint density at radius 3 is 2.83 bits per heavy atom. The molecule has 30 heavy (non-hydrogen) atoms. The highest BCUT2D eigenvalue weighted by Crippen LogP contribution is 2.31. The third kappa shape index (κ3) is 3.98. The number of aromatic amines is 1. The van der Waals surface area contributed by atoms with Crippen molar-refractivity contribution in [2.45, 2.75) is 24.5 Å². The lowest BCUT2D eigenvalue weighted by Crippen LogP contribution is -2.49. The van der Waals surface area contributed by atoms with Crippen LogP contribution in [0.1, 0.15) is 6.23 Å². The molecule has 0 saturated carbocycles. The number of rotatable bonds is 6. The molecule has 15 heteroatoms. The molecule has 162 valence electrons. The average molecular weight is 423 g/mol. The molecule has 0 radical (unpaired) electrons. The predicted octanol–water partition coefficient (Wildman–Crippen LogP) is -1.72. The maximum Gasteiger partial charge on any atom is 0.340 e. The van der Waals surface area contributed by atoms with E-state index in [2.05, 4.69) is 30.5 Å². The topological polar surface area (TPSA) is 191 Å². The first kappa shape index (κ1) is 21.3. The second-order valence-corrected chi connectivity index (χ2v) is 6.74. The zero-order chi connectivity index (χ0) is 22.0. The van der Waals surface area contributed by atoms with Crippen molar-refractivity contribution in [3.8, 4) is 0 Å². The molecule has 1 saturated heterocycles. The number of nitrogens with zero attached hydrogens (tertiary/aromatic N) is 7. The van der Waals surface area contributed by atoms with Gasteiger partial charge < -0.3 is 25.2 Å². The SMILES string of the molecule is CN(C)C=Nc1nc2c(ncn2[C@@H]2O[C@H](CO)[C@@H](O)[C@H]2NC(=O)N(C)N=O)c(=O)[nH]1. The maximum absolute atomic E-state index is 12.3. The van der Waals surface area contributed by atoms with Gasteiger partial charge in [-0.25, -0.2) is 14.8 Å². The van der Waals surface area contributed by atoms with Crippen molar-refractivity contribution in [2.24, 2.45) is 10.3 Å². The van der Waals surface area contributed by atoms with Crippen LogP contribution in [0.3, 0.4) is 0 Å². The van der Waals surface area contributed by atoms with E-state index in [0.29, 0.717) is 5.01 Å². The fourth-order valence-corrected chi connectivity index (χ4v) is 2.90. The molecule has 0 unspecified atom stereocenters. The fourth-order valence-electron chi connectivity index (χ4n) is 2.90. The van der Waals surface area contributed by atoms with E-state index in [0.717, 1.165) is 7.05 Å². The van der Waals surface area contributed by atoms with Gasteiger partial charge in [-0.1, -0.05) is 0 Å².